The highest BCUT2D eigenvalue weighted by molar-refractivity contribution is 6.05. The predicted molar refractivity (Wildman–Crippen MR) is 102 cm³/mol. The highest BCUT2D eigenvalue weighted by Gasteiger charge is 2.39. The number of nitrogens with one attached hydrogen (secondary N) is 2. The number of hydrogen-bond acceptors (Lipinski definition) is 7. The van der Waals surface area contributed by atoms with Crippen LogP contribution in [0.1, 0.15) is 28.8 Å². The van der Waals surface area contributed by atoms with Crippen LogP contribution in [0.4, 0.5) is 11.5 Å². The standard InChI is InChI=1S/C19H17N7O3/c1-25-17-13(7-22-25)16(20-9-21-17)23-11-3-2-10-8-26(19(29)12(10)6-11)14-4-5-15(27)24-18(14)28/h2-3,6-7,9,14H,4-5,8H2,1H3,(H,20,21,23)(H,24,27,28). The number of rotatable bonds is 3. The fourth-order valence-electron chi connectivity index (χ4n) is 3.83. The number of carbonyl (C=O) groups excluding carboxylic acids is 3. The summed E-state index contributed by atoms with van der Waals surface area (Å²) >= 11 is 0. The summed E-state index contributed by atoms with van der Waals surface area (Å²) in [4.78, 5) is 46.5. The Hall–Kier alpha value is -3.82. The molecule has 4 heterocycles. The second kappa shape index (κ2) is 6.36. The van der Waals surface area contributed by atoms with Crippen molar-refractivity contribution in [2.24, 2.45) is 7.05 Å². The molecule has 3 aromatic rings. The molecule has 10 nitrogen and oxygen atoms in total. The van der Waals surface area contributed by atoms with Gasteiger partial charge in [0.2, 0.25) is 11.8 Å². The SMILES string of the molecule is Cn1ncc2c(Nc3ccc4c(c3)C(=O)N(C3CCC(=O)NC3=O)C4)ncnc21. The van der Waals surface area contributed by atoms with Crippen LogP contribution in [0.5, 0.6) is 0 Å². The van der Waals surface area contributed by atoms with E-state index in [0.29, 0.717) is 35.7 Å². The number of imide groups is 1. The van der Waals surface area contributed by atoms with Crippen LogP contribution in [0.2, 0.25) is 0 Å². The average Bonchev–Trinajstić information content (AvgIpc) is 3.24. The van der Waals surface area contributed by atoms with Crippen molar-refractivity contribution >= 4 is 40.3 Å². The molecule has 1 atom stereocenters. The largest absolute Gasteiger partial charge is 0.339 e. The molecule has 0 radical (unpaired) electrons. The third kappa shape index (κ3) is 2.80. The first-order valence-corrected chi connectivity index (χ1v) is 9.18. The Morgan fingerprint density at radius 2 is 2.07 bits per heavy atom. The van der Waals surface area contributed by atoms with E-state index < -0.39 is 11.9 Å². The number of amides is 3. The summed E-state index contributed by atoms with van der Waals surface area (Å²) in [5.41, 5.74) is 2.78. The number of nitrogens with zero attached hydrogens (tertiary/aromatic N) is 5. The van der Waals surface area contributed by atoms with Gasteiger partial charge in [-0.2, -0.15) is 5.10 Å². The third-order valence-electron chi connectivity index (χ3n) is 5.32. The quantitative estimate of drug-likeness (QED) is 0.635. The molecule has 2 aromatic heterocycles. The van der Waals surface area contributed by atoms with Crippen LogP contribution in [-0.2, 0) is 23.2 Å². The van der Waals surface area contributed by atoms with Crippen LogP contribution in [0.15, 0.2) is 30.7 Å². The Bertz CT molecular complexity index is 1190. The molecule has 0 spiro atoms. The minimum absolute atomic E-state index is 0.215. The predicted octanol–water partition coefficient (Wildman–Crippen LogP) is 0.868. The highest BCUT2D eigenvalue weighted by atomic mass is 16.2. The lowest BCUT2D eigenvalue weighted by molar-refractivity contribution is -0.136. The molecule has 1 fully saturated rings. The first-order chi connectivity index (χ1) is 14.0. The molecule has 3 amide bonds. The maximum Gasteiger partial charge on any atom is 0.255 e. The van der Waals surface area contributed by atoms with E-state index in [9.17, 15) is 14.4 Å². The monoisotopic (exact) mass is 391 g/mol. The topological polar surface area (TPSA) is 122 Å². The van der Waals surface area contributed by atoms with Gasteiger partial charge in [0.15, 0.2) is 5.65 Å². The summed E-state index contributed by atoms with van der Waals surface area (Å²) in [5.74, 6) is -0.336. The zero-order chi connectivity index (χ0) is 20.1. The average molecular weight is 391 g/mol. The number of hydrogen-bond donors (Lipinski definition) is 2. The van der Waals surface area contributed by atoms with Crippen molar-refractivity contribution in [3.05, 3.63) is 41.9 Å². The summed E-state index contributed by atoms with van der Waals surface area (Å²) < 4.78 is 1.66. The van der Waals surface area contributed by atoms with Crippen LogP contribution in [0.3, 0.4) is 0 Å². The van der Waals surface area contributed by atoms with Gasteiger partial charge in [-0.15, -0.1) is 0 Å². The van der Waals surface area contributed by atoms with Gasteiger partial charge in [0.05, 0.1) is 11.6 Å². The van der Waals surface area contributed by atoms with Crippen molar-refractivity contribution in [3.8, 4) is 0 Å². The van der Waals surface area contributed by atoms with Crippen molar-refractivity contribution in [3.63, 3.8) is 0 Å². The first-order valence-electron chi connectivity index (χ1n) is 9.18. The van der Waals surface area contributed by atoms with E-state index in [1.54, 1.807) is 24.0 Å². The summed E-state index contributed by atoms with van der Waals surface area (Å²) in [6.07, 6.45) is 3.71. The molecule has 2 aliphatic heterocycles. The number of fused-ring (bicyclic) bond motifs is 2. The Morgan fingerprint density at radius 3 is 2.90 bits per heavy atom. The molecule has 2 N–H and O–H groups in total. The Labute approximate surface area is 164 Å². The van der Waals surface area contributed by atoms with E-state index in [-0.39, 0.29) is 18.2 Å². The van der Waals surface area contributed by atoms with Crippen molar-refractivity contribution in [1.29, 1.82) is 0 Å². The molecular formula is C19H17N7O3. The lowest BCUT2D eigenvalue weighted by atomic mass is 10.0. The van der Waals surface area contributed by atoms with Crippen molar-refractivity contribution in [2.75, 3.05) is 5.32 Å². The normalized spacial score (nSPS) is 18.9. The second-order valence-corrected chi connectivity index (χ2v) is 7.12. The van der Waals surface area contributed by atoms with Gasteiger partial charge in [-0.1, -0.05) is 6.07 Å². The Balaban J connectivity index is 1.42. The van der Waals surface area contributed by atoms with Gasteiger partial charge < -0.3 is 10.2 Å². The summed E-state index contributed by atoms with van der Waals surface area (Å²) in [7, 11) is 1.80. The van der Waals surface area contributed by atoms with Crippen LogP contribution < -0.4 is 10.6 Å². The number of aryl methyl sites for hydroxylation is 1. The van der Waals surface area contributed by atoms with Crippen molar-refractivity contribution in [1.82, 2.24) is 30.0 Å². The number of aromatic nitrogens is 4. The molecule has 0 saturated carbocycles. The smallest absolute Gasteiger partial charge is 0.255 e. The summed E-state index contributed by atoms with van der Waals surface area (Å²) in [5, 5.41) is 10.5. The van der Waals surface area contributed by atoms with E-state index in [4.69, 9.17) is 0 Å². The molecular weight excluding hydrogens is 374 g/mol. The van der Waals surface area contributed by atoms with Crippen LogP contribution >= 0.6 is 0 Å². The minimum Gasteiger partial charge on any atom is -0.339 e. The highest BCUT2D eigenvalue weighted by Crippen LogP contribution is 2.31. The van der Waals surface area contributed by atoms with Crippen LogP contribution in [0, 0.1) is 0 Å². The number of anilines is 2. The first kappa shape index (κ1) is 17.3. The number of carbonyl (C=O) groups is 3. The zero-order valence-electron chi connectivity index (χ0n) is 15.5. The van der Waals surface area contributed by atoms with E-state index >= 15 is 0 Å². The van der Waals surface area contributed by atoms with Crippen LogP contribution in [-0.4, -0.2) is 48.4 Å². The molecule has 0 aliphatic carbocycles. The number of piperidine rings is 1. The minimum atomic E-state index is -0.624. The van der Waals surface area contributed by atoms with Gasteiger partial charge in [-0.25, -0.2) is 9.97 Å². The lowest BCUT2D eigenvalue weighted by Gasteiger charge is -2.29. The maximum atomic E-state index is 12.9. The summed E-state index contributed by atoms with van der Waals surface area (Å²) in [6, 6.07) is 4.86. The third-order valence-corrected chi connectivity index (χ3v) is 5.32. The van der Waals surface area contributed by atoms with E-state index in [2.05, 4.69) is 25.7 Å². The van der Waals surface area contributed by atoms with Gasteiger partial charge in [0.25, 0.3) is 5.91 Å². The molecule has 0 bridgehead atoms. The van der Waals surface area contributed by atoms with Gasteiger partial charge in [-0.05, 0) is 24.1 Å². The second-order valence-electron chi connectivity index (χ2n) is 7.12. The number of benzene rings is 1. The molecule has 146 valence electrons. The fraction of sp³-hybridized carbons (Fsp3) is 0.263. The molecule has 29 heavy (non-hydrogen) atoms. The molecule has 5 rings (SSSR count). The van der Waals surface area contributed by atoms with Gasteiger partial charge in [0.1, 0.15) is 18.2 Å². The zero-order valence-corrected chi connectivity index (χ0v) is 15.5. The molecule has 1 aromatic carbocycles. The van der Waals surface area contributed by atoms with E-state index in [1.165, 1.54) is 11.2 Å². The Kier molecular flexibility index (Phi) is 3.79. The molecule has 10 heteroatoms. The maximum absolute atomic E-state index is 12.9. The molecule has 1 unspecified atom stereocenters. The van der Waals surface area contributed by atoms with Gasteiger partial charge in [-0.3, -0.25) is 24.4 Å². The molecule has 1 saturated heterocycles. The molecule has 2 aliphatic rings. The summed E-state index contributed by atoms with van der Waals surface area (Å²) in [6.45, 7) is 0.348. The van der Waals surface area contributed by atoms with Gasteiger partial charge in [0, 0.05) is 31.3 Å². The van der Waals surface area contributed by atoms with E-state index in [0.717, 1.165) is 10.9 Å². The van der Waals surface area contributed by atoms with E-state index in [1.807, 2.05) is 12.1 Å². The van der Waals surface area contributed by atoms with Crippen molar-refractivity contribution in [2.45, 2.75) is 25.4 Å². The lowest BCUT2D eigenvalue weighted by Crippen LogP contribution is -2.52. The fourth-order valence-corrected chi connectivity index (χ4v) is 3.83. The Morgan fingerprint density at radius 1 is 1.21 bits per heavy atom. The van der Waals surface area contributed by atoms with Crippen molar-refractivity contribution < 1.29 is 14.4 Å². The van der Waals surface area contributed by atoms with Crippen LogP contribution in [0.25, 0.3) is 11.0 Å². The van der Waals surface area contributed by atoms with Gasteiger partial charge >= 0.3 is 0 Å².